The summed E-state index contributed by atoms with van der Waals surface area (Å²) in [6.45, 7) is 19.6. The van der Waals surface area contributed by atoms with Gasteiger partial charge in [-0.3, -0.25) is 4.79 Å². The van der Waals surface area contributed by atoms with Gasteiger partial charge in [-0.25, -0.2) is 0 Å². The lowest BCUT2D eigenvalue weighted by atomic mass is 9.71. The molecule has 21 heavy (non-hydrogen) atoms. The first kappa shape index (κ1) is 20.5. The van der Waals surface area contributed by atoms with E-state index in [1.165, 1.54) is 0 Å². The molecule has 1 amide bonds. The highest BCUT2D eigenvalue weighted by Crippen LogP contribution is 2.37. The van der Waals surface area contributed by atoms with Crippen molar-refractivity contribution >= 4 is 5.91 Å². The lowest BCUT2D eigenvalue weighted by Gasteiger charge is -2.38. The normalized spacial score (nSPS) is 14.1. The van der Waals surface area contributed by atoms with E-state index in [0.29, 0.717) is 5.91 Å². The quantitative estimate of drug-likeness (QED) is 0.578. The van der Waals surface area contributed by atoms with Crippen LogP contribution in [-0.4, -0.2) is 23.9 Å². The van der Waals surface area contributed by atoms with Crippen LogP contribution in [0.2, 0.25) is 0 Å². The topological polar surface area (TPSA) is 20.3 Å². The van der Waals surface area contributed by atoms with Crippen molar-refractivity contribution in [3.8, 4) is 0 Å². The minimum absolute atomic E-state index is 0.0288. The Balaban J connectivity index is 5.09. The number of unbranched alkanes of at least 4 members (excludes halogenated alkanes) is 2. The highest BCUT2D eigenvalue weighted by molar-refractivity contribution is 5.79. The Morgan fingerprint density at radius 3 is 1.62 bits per heavy atom. The molecule has 0 N–H and O–H groups in total. The lowest BCUT2D eigenvalue weighted by molar-refractivity contribution is -0.140. The lowest BCUT2D eigenvalue weighted by Crippen LogP contribution is -2.43. The summed E-state index contributed by atoms with van der Waals surface area (Å²) in [6.07, 6.45) is 5.48. The first-order chi connectivity index (χ1) is 9.53. The van der Waals surface area contributed by atoms with Crippen LogP contribution in [0.1, 0.15) is 87.5 Å². The van der Waals surface area contributed by atoms with E-state index in [-0.39, 0.29) is 16.7 Å². The van der Waals surface area contributed by atoms with Crippen molar-refractivity contribution in [2.24, 2.45) is 16.7 Å². The van der Waals surface area contributed by atoms with E-state index in [1.807, 2.05) is 0 Å². The van der Waals surface area contributed by atoms with E-state index in [0.717, 1.165) is 45.2 Å². The maximum absolute atomic E-state index is 13.1. The summed E-state index contributed by atoms with van der Waals surface area (Å²) in [7, 11) is 0. The third-order valence-corrected chi connectivity index (χ3v) is 4.03. The zero-order valence-corrected chi connectivity index (χ0v) is 15.9. The molecular formula is C19H39NO. The summed E-state index contributed by atoms with van der Waals surface area (Å²) in [5.74, 6) is 0.491. The molecule has 1 atom stereocenters. The second-order valence-corrected chi connectivity index (χ2v) is 8.72. The Bertz CT molecular complexity index is 288. The van der Waals surface area contributed by atoms with Crippen LogP contribution in [0.5, 0.6) is 0 Å². The smallest absolute Gasteiger partial charge is 0.226 e. The van der Waals surface area contributed by atoms with E-state index in [1.54, 1.807) is 0 Å². The fourth-order valence-corrected chi connectivity index (χ4v) is 2.63. The summed E-state index contributed by atoms with van der Waals surface area (Å²) in [4.78, 5) is 15.2. The molecule has 0 fully saturated rings. The Kier molecular flexibility index (Phi) is 8.58. The van der Waals surface area contributed by atoms with Gasteiger partial charge in [0.1, 0.15) is 0 Å². The van der Waals surface area contributed by atoms with Crippen LogP contribution >= 0.6 is 0 Å². The fraction of sp³-hybridized carbons (Fsp3) is 0.947. The molecule has 0 radical (unpaired) electrons. The SMILES string of the molecule is CCCCN(CCCC)C(=O)C(CC(C)(C)C)C(C)(C)C. The number of carbonyl (C=O) groups is 1. The summed E-state index contributed by atoms with van der Waals surface area (Å²) < 4.78 is 0. The van der Waals surface area contributed by atoms with Crippen LogP contribution in [0, 0.1) is 16.7 Å². The molecule has 0 saturated heterocycles. The van der Waals surface area contributed by atoms with Crippen LogP contribution in [0.3, 0.4) is 0 Å². The maximum atomic E-state index is 13.1. The first-order valence-corrected chi connectivity index (χ1v) is 8.81. The molecule has 0 aromatic carbocycles. The Labute approximate surface area is 133 Å². The van der Waals surface area contributed by atoms with Crippen molar-refractivity contribution in [2.45, 2.75) is 87.5 Å². The van der Waals surface area contributed by atoms with Crippen molar-refractivity contribution < 1.29 is 4.79 Å². The number of hydrogen-bond donors (Lipinski definition) is 0. The van der Waals surface area contributed by atoms with Gasteiger partial charge < -0.3 is 4.90 Å². The molecule has 2 nitrogen and oxygen atoms in total. The molecule has 0 saturated carbocycles. The van der Waals surface area contributed by atoms with E-state index in [4.69, 9.17) is 0 Å². The molecule has 0 heterocycles. The first-order valence-electron chi connectivity index (χ1n) is 8.81. The van der Waals surface area contributed by atoms with Crippen molar-refractivity contribution in [3.63, 3.8) is 0 Å². The molecule has 1 unspecified atom stereocenters. The molecule has 0 bridgehead atoms. The number of amides is 1. The van der Waals surface area contributed by atoms with E-state index < -0.39 is 0 Å². The van der Waals surface area contributed by atoms with Gasteiger partial charge >= 0.3 is 0 Å². The van der Waals surface area contributed by atoms with Crippen LogP contribution in [0.25, 0.3) is 0 Å². The van der Waals surface area contributed by atoms with Gasteiger partial charge in [0, 0.05) is 19.0 Å². The summed E-state index contributed by atoms with van der Waals surface area (Å²) in [6, 6.07) is 0. The Morgan fingerprint density at radius 2 is 1.33 bits per heavy atom. The van der Waals surface area contributed by atoms with Gasteiger partial charge in [-0.15, -0.1) is 0 Å². The molecule has 126 valence electrons. The van der Waals surface area contributed by atoms with Crippen LogP contribution in [0.15, 0.2) is 0 Å². The number of hydrogen-bond acceptors (Lipinski definition) is 1. The predicted octanol–water partition coefficient (Wildman–Crippen LogP) is 5.51. The molecule has 0 rings (SSSR count). The number of carbonyl (C=O) groups excluding carboxylic acids is 1. The third kappa shape index (κ3) is 8.48. The van der Waals surface area contributed by atoms with E-state index in [2.05, 4.69) is 60.3 Å². The van der Waals surface area contributed by atoms with Gasteiger partial charge in [0.15, 0.2) is 0 Å². The largest absolute Gasteiger partial charge is 0.342 e. The van der Waals surface area contributed by atoms with Gasteiger partial charge in [0.25, 0.3) is 0 Å². The second-order valence-electron chi connectivity index (χ2n) is 8.72. The van der Waals surface area contributed by atoms with Crippen molar-refractivity contribution in [1.82, 2.24) is 4.90 Å². The molecule has 0 aliphatic heterocycles. The molecule has 0 aliphatic rings. The van der Waals surface area contributed by atoms with Crippen molar-refractivity contribution in [2.75, 3.05) is 13.1 Å². The van der Waals surface area contributed by atoms with Crippen LogP contribution in [-0.2, 0) is 4.79 Å². The van der Waals surface area contributed by atoms with Gasteiger partial charge in [0.05, 0.1) is 0 Å². The summed E-state index contributed by atoms with van der Waals surface area (Å²) >= 11 is 0. The monoisotopic (exact) mass is 297 g/mol. The van der Waals surface area contributed by atoms with Gasteiger partial charge in [0.2, 0.25) is 5.91 Å². The maximum Gasteiger partial charge on any atom is 0.226 e. The van der Waals surface area contributed by atoms with Gasteiger partial charge in [-0.1, -0.05) is 68.2 Å². The van der Waals surface area contributed by atoms with Gasteiger partial charge in [-0.05, 0) is 30.1 Å². The summed E-state index contributed by atoms with van der Waals surface area (Å²) in [5, 5.41) is 0. The average Bonchev–Trinajstić information content (AvgIpc) is 2.33. The third-order valence-electron chi connectivity index (χ3n) is 4.03. The van der Waals surface area contributed by atoms with Crippen LogP contribution in [0.4, 0.5) is 0 Å². The second kappa shape index (κ2) is 8.80. The van der Waals surface area contributed by atoms with Crippen LogP contribution < -0.4 is 0 Å². The Hall–Kier alpha value is -0.530. The highest BCUT2D eigenvalue weighted by atomic mass is 16.2. The van der Waals surface area contributed by atoms with E-state index in [9.17, 15) is 4.79 Å². The van der Waals surface area contributed by atoms with Crippen molar-refractivity contribution in [3.05, 3.63) is 0 Å². The molecule has 2 heteroatoms. The molecule has 0 aromatic heterocycles. The zero-order valence-electron chi connectivity index (χ0n) is 15.9. The van der Waals surface area contributed by atoms with Gasteiger partial charge in [-0.2, -0.15) is 0 Å². The molecular weight excluding hydrogens is 258 g/mol. The minimum Gasteiger partial charge on any atom is -0.342 e. The number of rotatable bonds is 8. The zero-order chi connectivity index (χ0) is 16.7. The highest BCUT2D eigenvalue weighted by Gasteiger charge is 2.36. The molecule has 0 aromatic rings. The molecule has 0 aliphatic carbocycles. The fourth-order valence-electron chi connectivity index (χ4n) is 2.63. The minimum atomic E-state index is 0.0288. The van der Waals surface area contributed by atoms with E-state index >= 15 is 0 Å². The number of nitrogens with zero attached hydrogens (tertiary/aromatic N) is 1. The molecule has 0 spiro atoms. The summed E-state index contributed by atoms with van der Waals surface area (Å²) in [5.41, 5.74) is 0.218. The average molecular weight is 298 g/mol. The Morgan fingerprint density at radius 1 is 0.905 bits per heavy atom. The predicted molar refractivity (Wildman–Crippen MR) is 93.4 cm³/mol. The van der Waals surface area contributed by atoms with Crippen molar-refractivity contribution in [1.29, 1.82) is 0 Å². The standard InChI is InChI=1S/C19H39NO/c1-9-11-13-20(14-12-10-2)17(21)16(19(6,7)8)15-18(3,4)5/h16H,9-15H2,1-8H3.